The molecule has 1 saturated carbocycles. The second-order valence-corrected chi connectivity index (χ2v) is 15.1. The minimum absolute atomic E-state index is 0.0102. The van der Waals surface area contributed by atoms with Crippen LogP contribution in [0.3, 0.4) is 0 Å². The first kappa shape index (κ1) is 35.6. The average Bonchev–Trinajstić information content (AvgIpc) is 3.42. The van der Waals surface area contributed by atoms with Gasteiger partial charge in [-0.1, -0.05) is 25.1 Å². The van der Waals surface area contributed by atoms with Crippen LogP contribution < -0.4 is 9.44 Å². The predicted molar refractivity (Wildman–Crippen MR) is 179 cm³/mol. The molecule has 0 bridgehead atoms. The molecule has 0 spiro atoms. The third-order valence-corrected chi connectivity index (χ3v) is 10.8. The summed E-state index contributed by atoms with van der Waals surface area (Å²) in [5, 5.41) is 8.68. The Morgan fingerprint density at radius 2 is 1.45 bits per heavy atom. The van der Waals surface area contributed by atoms with Crippen molar-refractivity contribution in [2.75, 3.05) is 9.44 Å². The van der Waals surface area contributed by atoms with E-state index < -0.39 is 42.5 Å². The van der Waals surface area contributed by atoms with Gasteiger partial charge in [0.15, 0.2) is 5.82 Å². The van der Waals surface area contributed by atoms with Gasteiger partial charge < -0.3 is 0 Å². The molecular formula is C31H27F4N9O4S3. The minimum atomic E-state index is -4.92. The van der Waals surface area contributed by atoms with Crippen LogP contribution in [0.5, 0.6) is 0 Å². The zero-order valence-corrected chi connectivity index (χ0v) is 28.8. The Balaban J connectivity index is 0.000000176. The molecule has 6 aromatic rings. The molecule has 1 aliphatic rings. The van der Waals surface area contributed by atoms with Crippen molar-refractivity contribution in [1.29, 1.82) is 0 Å². The fourth-order valence-corrected chi connectivity index (χ4v) is 7.40. The lowest BCUT2D eigenvalue weighted by Crippen LogP contribution is -2.17. The predicted octanol–water partition coefficient (Wildman–Crippen LogP) is 6.19. The van der Waals surface area contributed by atoms with Crippen molar-refractivity contribution in [1.82, 2.24) is 33.9 Å². The van der Waals surface area contributed by atoms with Crippen LogP contribution in [0.25, 0.3) is 10.9 Å². The fourth-order valence-electron chi connectivity index (χ4n) is 4.59. The summed E-state index contributed by atoms with van der Waals surface area (Å²) in [4.78, 5) is 8.05. The Hall–Kier alpha value is -5.21. The number of hydrogen-bond acceptors (Lipinski definition) is 10. The zero-order valence-electron chi connectivity index (χ0n) is 26.4. The summed E-state index contributed by atoms with van der Waals surface area (Å²) in [7, 11) is -8.03. The third-order valence-electron chi connectivity index (χ3n) is 7.38. The Kier molecular flexibility index (Phi) is 9.91. The number of aryl methyl sites for hydroxylation is 1. The number of halogens is 4. The van der Waals surface area contributed by atoms with Crippen molar-refractivity contribution in [3.63, 3.8) is 0 Å². The summed E-state index contributed by atoms with van der Waals surface area (Å²) in [6.45, 7) is 2.03. The number of pyridine rings is 1. The molecule has 13 nitrogen and oxygen atoms in total. The number of aromatic nitrogens is 7. The number of alkyl halides is 3. The van der Waals surface area contributed by atoms with E-state index in [4.69, 9.17) is 0 Å². The smallest absolute Gasteiger partial charge is 0.263 e. The lowest BCUT2D eigenvalue weighted by molar-refractivity contribution is -0.140. The van der Waals surface area contributed by atoms with Crippen molar-refractivity contribution in [3.05, 3.63) is 114 Å². The first-order chi connectivity index (χ1) is 24.2. The first-order valence-electron chi connectivity index (χ1n) is 15.1. The highest BCUT2D eigenvalue weighted by atomic mass is 32.2. The molecule has 20 heteroatoms. The maximum Gasteiger partial charge on any atom is 0.419 e. The van der Waals surface area contributed by atoms with Crippen molar-refractivity contribution in [3.8, 4) is 10.9 Å². The highest BCUT2D eigenvalue weighted by Gasteiger charge is 2.35. The normalized spacial score (nSPS) is 13.4. The fraction of sp³-hybridized carbons (Fsp3) is 0.194. The van der Waals surface area contributed by atoms with E-state index in [0.29, 0.717) is 40.9 Å². The van der Waals surface area contributed by atoms with Gasteiger partial charge in [-0.25, -0.2) is 31.2 Å². The van der Waals surface area contributed by atoms with Crippen molar-refractivity contribution in [2.24, 2.45) is 0 Å². The van der Waals surface area contributed by atoms with Crippen LogP contribution in [0.1, 0.15) is 42.6 Å². The maximum atomic E-state index is 13.7. The van der Waals surface area contributed by atoms with Crippen LogP contribution in [-0.4, -0.2) is 50.7 Å². The van der Waals surface area contributed by atoms with Gasteiger partial charge in [-0.05, 0) is 67.3 Å². The van der Waals surface area contributed by atoms with Gasteiger partial charge in [-0.3, -0.25) is 9.44 Å². The highest BCUT2D eigenvalue weighted by Crippen LogP contribution is 2.39. The number of nitrogens with zero attached hydrogens (tertiary/aromatic N) is 7. The van der Waals surface area contributed by atoms with E-state index in [1.54, 1.807) is 36.4 Å². The Bertz CT molecular complexity index is 2360. The molecule has 2 N–H and O–H groups in total. The number of benzene rings is 2. The van der Waals surface area contributed by atoms with Gasteiger partial charge in [0.25, 0.3) is 20.0 Å². The molecule has 0 atom stereocenters. The summed E-state index contributed by atoms with van der Waals surface area (Å²) >= 11 is 1.22. The molecular weight excluding hydrogens is 735 g/mol. The first-order valence-corrected chi connectivity index (χ1v) is 18.8. The number of rotatable bonds is 10. The van der Waals surface area contributed by atoms with Crippen molar-refractivity contribution in [2.45, 2.75) is 48.1 Å². The summed E-state index contributed by atoms with van der Waals surface area (Å²) in [6.07, 6.45) is 2.49. The molecule has 1 fully saturated rings. The highest BCUT2D eigenvalue weighted by molar-refractivity contribution is 7.93. The molecule has 7 rings (SSSR count). The van der Waals surface area contributed by atoms with Crippen LogP contribution >= 0.6 is 11.5 Å². The van der Waals surface area contributed by atoms with E-state index in [2.05, 4.69) is 34.0 Å². The molecule has 2 aromatic carbocycles. The van der Waals surface area contributed by atoms with Crippen LogP contribution in [0.2, 0.25) is 0 Å². The molecule has 0 amide bonds. The van der Waals surface area contributed by atoms with Gasteiger partial charge >= 0.3 is 6.18 Å². The van der Waals surface area contributed by atoms with E-state index in [1.165, 1.54) is 45.6 Å². The van der Waals surface area contributed by atoms with Crippen LogP contribution in [-0.2, 0) is 32.6 Å². The van der Waals surface area contributed by atoms with Gasteiger partial charge in [0.2, 0.25) is 5.13 Å². The van der Waals surface area contributed by atoms with E-state index >= 15 is 0 Å². The summed E-state index contributed by atoms with van der Waals surface area (Å²) in [5.41, 5.74) is -0.458. The second kappa shape index (κ2) is 14.2. The lowest BCUT2D eigenvalue weighted by atomic mass is 10.2. The zero-order chi connectivity index (χ0) is 36.4. The average molecular weight is 762 g/mol. The molecule has 0 radical (unpaired) electrons. The third kappa shape index (κ3) is 8.24. The van der Waals surface area contributed by atoms with Gasteiger partial charge in [0, 0.05) is 35.8 Å². The van der Waals surface area contributed by atoms with Crippen LogP contribution in [0.15, 0.2) is 101 Å². The monoisotopic (exact) mass is 761 g/mol. The van der Waals surface area contributed by atoms with Crippen molar-refractivity contribution < 1.29 is 34.4 Å². The number of nitrogens with one attached hydrogen (secondary N) is 2. The van der Waals surface area contributed by atoms with Crippen molar-refractivity contribution >= 4 is 43.2 Å². The van der Waals surface area contributed by atoms with E-state index in [0.717, 1.165) is 30.7 Å². The lowest BCUT2D eigenvalue weighted by Gasteiger charge is -2.12. The number of hydrogen-bond donors (Lipinski definition) is 2. The van der Waals surface area contributed by atoms with E-state index in [-0.39, 0.29) is 10.7 Å². The summed E-state index contributed by atoms with van der Waals surface area (Å²) < 4.78 is 113. The van der Waals surface area contributed by atoms with E-state index in [9.17, 15) is 34.4 Å². The Labute approximate surface area is 293 Å². The second-order valence-electron chi connectivity index (χ2n) is 11.0. The Morgan fingerprint density at radius 3 is 2.04 bits per heavy atom. The molecule has 4 aromatic heterocycles. The largest absolute Gasteiger partial charge is 0.419 e. The standard InChI is InChI=1S/C16H17N5O2S2.C15H10F4N4O2S/c1-2-11-3-7-13(8-4-11)25(22,23)20-14-9-10-17-21(14)16-18-15(19-24-16)12-5-6-12;16-12-9-10(4-5-11(12)15(17,18)19)26(24,25)22-14-6-8-21-23(14)13-3-1-2-7-20-13/h3-4,7-10,12,20H,2,5-6H2,1H3;1-9,22H. The maximum absolute atomic E-state index is 13.7. The summed E-state index contributed by atoms with van der Waals surface area (Å²) in [5.74, 6) is 0.228. The molecule has 0 saturated heterocycles. The molecule has 4 heterocycles. The quantitative estimate of drug-likeness (QED) is 0.155. The topological polar surface area (TPSA) is 167 Å². The summed E-state index contributed by atoms with van der Waals surface area (Å²) in [6, 6.07) is 16.0. The van der Waals surface area contributed by atoms with Gasteiger partial charge in [-0.2, -0.15) is 37.1 Å². The van der Waals surface area contributed by atoms with Crippen LogP contribution in [0.4, 0.5) is 29.2 Å². The molecule has 0 aliphatic heterocycles. The minimum Gasteiger partial charge on any atom is -0.263 e. The van der Waals surface area contributed by atoms with Gasteiger partial charge in [0.1, 0.15) is 23.3 Å². The number of sulfonamides is 2. The van der Waals surface area contributed by atoms with Crippen LogP contribution in [0, 0.1) is 5.82 Å². The van der Waals surface area contributed by atoms with Gasteiger partial charge in [0.05, 0.1) is 27.7 Å². The SMILES string of the molecule is CCc1ccc(S(=O)(=O)Nc2ccnn2-c2nc(C3CC3)ns2)cc1.O=S(=O)(Nc1ccnn1-c1ccccn1)c1ccc(C(F)(F)F)c(F)c1. The molecule has 0 unspecified atom stereocenters. The van der Waals surface area contributed by atoms with Gasteiger partial charge in [-0.15, -0.1) is 0 Å². The molecule has 1 aliphatic carbocycles. The van der Waals surface area contributed by atoms with E-state index in [1.807, 2.05) is 19.1 Å². The molecule has 266 valence electrons. The molecule has 51 heavy (non-hydrogen) atoms. The number of anilines is 2. The Morgan fingerprint density at radius 1 is 0.824 bits per heavy atom.